The van der Waals surface area contributed by atoms with Gasteiger partial charge in [0.25, 0.3) is 0 Å². The van der Waals surface area contributed by atoms with E-state index in [9.17, 15) is 0 Å². The normalized spacial score (nSPS) is 27.4. The van der Waals surface area contributed by atoms with Crippen LogP contribution >= 0.6 is 0 Å². The highest BCUT2D eigenvalue weighted by atomic mass is 14.9. The molecular formula is C16H21N3. The Balaban J connectivity index is 1.80. The third kappa shape index (κ3) is 2.70. The number of hydrogen-bond acceptors (Lipinski definition) is 3. The van der Waals surface area contributed by atoms with Gasteiger partial charge in [0.1, 0.15) is 0 Å². The van der Waals surface area contributed by atoms with E-state index in [1.807, 2.05) is 6.07 Å². The van der Waals surface area contributed by atoms with Crippen molar-refractivity contribution in [1.29, 1.82) is 0 Å². The molecule has 1 aliphatic carbocycles. The smallest absolute Gasteiger partial charge is 0.0907 e. The minimum Gasteiger partial charge on any atom is -0.382 e. The molecule has 1 fully saturated rings. The van der Waals surface area contributed by atoms with Crippen molar-refractivity contribution in [3.63, 3.8) is 0 Å². The number of nitrogens with zero attached hydrogens (tertiary/aromatic N) is 2. The first-order chi connectivity index (χ1) is 9.22. The van der Waals surface area contributed by atoms with E-state index < -0.39 is 0 Å². The van der Waals surface area contributed by atoms with Crippen LogP contribution in [-0.4, -0.2) is 16.0 Å². The number of anilines is 1. The highest BCUT2D eigenvalue weighted by Crippen LogP contribution is 2.31. The van der Waals surface area contributed by atoms with E-state index in [0.29, 0.717) is 6.04 Å². The molecule has 3 heteroatoms. The van der Waals surface area contributed by atoms with Crippen molar-refractivity contribution in [2.75, 3.05) is 5.32 Å². The summed E-state index contributed by atoms with van der Waals surface area (Å²) < 4.78 is 0. The molecule has 0 radical (unpaired) electrons. The van der Waals surface area contributed by atoms with Crippen LogP contribution in [-0.2, 0) is 0 Å². The molecular weight excluding hydrogens is 234 g/mol. The first-order valence-corrected chi connectivity index (χ1v) is 7.19. The van der Waals surface area contributed by atoms with E-state index in [1.54, 1.807) is 12.4 Å². The second kappa shape index (κ2) is 5.16. The van der Waals surface area contributed by atoms with E-state index in [2.05, 4.69) is 41.3 Å². The average molecular weight is 255 g/mol. The van der Waals surface area contributed by atoms with Gasteiger partial charge in [0, 0.05) is 24.1 Å². The molecule has 3 unspecified atom stereocenters. The Morgan fingerprint density at radius 3 is 2.68 bits per heavy atom. The second-order valence-corrected chi connectivity index (χ2v) is 5.91. The summed E-state index contributed by atoms with van der Waals surface area (Å²) in [4.78, 5) is 8.67. The minimum atomic E-state index is 0.581. The van der Waals surface area contributed by atoms with Crippen molar-refractivity contribution in [1.82, 2.24) is 9.97 Å². The van der Waals surface area contributed by atoms with Crippen molar-refractivity contribution in [3.8, 4) is 0 Å². The van der Waals surface area contributed by atoms with E-state index in [0.717, 1.165) is 22.9 Å². The monoisotopic (exact) mass is 255 g/mol. The van der Waals surface area contributed by atoms with Crippen molar-refractivity contribution >= 4 is 16.7 Å². The lowest BCUT2D eigenvalue weighted by Gasteiger charge is -2.34. The third-order valence-corrected chi connectivity index (χ3v) is 4.28. The highest BCUT2D eigenvalue weighted by Gasteiger charge is 2.25. The molecule has 0 amide bonds. The fraction of sp³-hybridized carbons (Fsp3) is 0.500. The van der Waals surface area contributed by atoms with Crippen LogP contribution in [0.2, 0.25) is 0 Å². The lowest BCUT2D eigenvalue weighted by molar-refractivity contribution is 0.281. The van der Waals surface area contributed by atoms with Crippen LogP contribution in [0.5, 0.6) is 0 Å². The number of rotatable bonds is 2. The van der Waals surface area contributed by atoms with E-state index in [4.69, 9.17) is 0 Å². The number of hydrogen-bond donors (Lipinski definition) is 1. The zero-order valence-electron chi connectivity index (χ0n) is 11.6. The molecule has 3 rings (SSSR count). The van der Waals surface area contributed by atoms with Crippen LogP contribution in [0.4, 0.5) is 5.69 Å². The van der Waals surface area contributed by atoms with Gasteiger partial charge >= 0.3 is 0 Å². The minimum absolute atomic E-state index is 0.581. The summed E-state index contributed by atoms with van der Waals surface area (Å²) >= 11 is 0. The summed E-state index contributed by atoms with van der Waals surface area (Å²) in [5.74, 6) is 1.57. The summed E-state index contributed by atoms with van der Waals surface area (Å²) in [5.41, 5.74) is 3.08. The molecule has 1 aromatic carbocycles. The lowest BCUT2D eigenvalue weighted by atomic mass is 9.80. The van der Waals surface area contributed by atoms with Gasteiger partial charge in [-0.15, -0.1) is 0 Å². The second-order valence-electron chi connectivity index (χ2n) is 5.91. The maximum absolute atomic E-state index is 4.37. The molecule has 19 heavy (non-hydrogen) atoms. The standard InChI is InChI=1S/C16H21N3/c1-11-3-4-12(2)15(9-11)19-13-5-6-14-16(10-13)18-8-7-17-14/h5-8,10-12,15,19H,3-4,9H2,1-2H3. The molecule has 0 aliphatic heterocycles. The predicted octanol–water partition coefficient (Wildman–Crippen LogP) is 3.87. The Hall–Kier alpha value is -1.64. The first-order valence-electron chi connectivity index (χ1n) is 7.19. The predicted molar refractivity (Wildman–Crippen MR) is 79.1 cm³/mol. The molecule has 1 aliphatic rings. The van der Waals surface area contributed by atoms with Gasteiger partial charge in [0.2, 0.25) is 0 Å². The largest absolute Gasteiger partial charge is 0.382 e. The van der Waals surface area contributed by atoms with Gasteiger partial charge in [0.15, 0.2) is 0 Å². The van der Waals surface area contributed by atoms with Crippen LogP contribution in [0, 0.1) is 11.8 Å². The van der Waals surface area contributed by atoms with Gasteiger partial charge in [0.05, 0.1) is 11.0 Å². The summed E-state index contributed by atoms with van der Waals surface area (Å²) in [7, 11) is 0. The number of benzene rings is 1. The first kappa shape index (κ1) is 12.4. The Morgan fingerprint density at radius 1 is 1.05 bits per heavy atom. The zero-order valence-corrected chi connectivity index (χ0v) is 11.6. The van der Waals surface area contributed by atoms with Gasteiger partial charge in [-0.1, -0.05) is 20.3 Å². The van der Waals surface area contributed by atoms with Gasteiger partial charge in [-0.3, -0.25) is 9.97 Å². The molecule has 1 heterocycles. The quantitative estimate of drug-likeness (QED) is 0.885. The molecule has 1 N–H and O–H groups in total. The fourth-order valence-corrected chi connectivity index (χ4v) is 3.00. The topological polar surface area (TPSA) is 37.8 Å². The zero-order chi connectivity index (χ0) is 13.2. The Labute approximate surface area is 114 Å². The highest BCUT2D eigenvalue weighted by molar-refractivity contribution is 5.78. The van der Waals surface area contributed by atoms with Gasteiger partial charge in [-0.05, 0) is 42.9 Å². The SMILES string of the molecule is CC1CCC(C)C(Nc2ccc3nccnc3c2)C1. The van der Waals surface area contributed by atoms with Crippen LogP contribution in [0.25, 0.3) is 11.0 Å². The number of aromatic nitrogens is 2. The lowest BCUT2D eigenvalue weighted by Crippen LogP contribution is -2.33. The van der Waals surface area contributed by atoms with Gasteiger partial charge in [-0.2, -0.15) is 0 Å². The maximum atomic E-state index is 4.37. The summed E-state index contributed by atoms with van der Waals surface area (Å²) in [6.45, 7) is 4.71. The van der Waals surface area contributed by atoms with Crippen LogP contribution in [0.1, 0.15) is 33.1 Å². The Morgan fingerprint density at radius 2 is 1.84 bits per heavy atom. The van der Waals surface area contributed by atoms with E-state index in [1.165, 1.54) is 24.9 Å². The number of fused-ring (bicyclic) bond motifs is 1. The average Bonchev–Trinajstić information content (AvgIpc) is 2.43. The summed E-state index contributed by atoms with van der Waals surface area (Å²) in [6, 6.07) is 6.84. The molecule has 1 saturated carbocycles. The van der Waals surface area contributed by atoms with Crippen LogP contribution in [0.3, 0.4) is 0 Å². The van der Waals surface area contributed by atoms with Crippen molar-refractivity contribution in [3.05, 3.63) is 30.6 Å². The molecule has 3 nitrogen and oxygen atoms in total. The summed E-state index contributed by atoms with van der Waals surface area (Å²) in [6.07, 6.45) is 7.44. The summed E-state index contributed by atoms with van der Waals surface area (Å²) in [5, 5.41) is 3.69. The third-order valence-electron chi connectivity index (χ3n) is 4.28. The fourth-order valence-electron chi connectivity index (χ4n) is 3.00. The molecule has 1 aromatic heterocycles. The van der Waals surface area contributed by atoms with Gasteiger partial charge in [-0.25, -0.2) is 0 Å². The molecule has 0 saturated heterocycles. The molecule has 0 spiro atoms. The van der Waals surface area contributed by atoms with Gasteiger partial charge < -0.3 is 5.32 Å². The van der Waals surface area contributed by atoms with Crippen molar-refractivity contribution in [2.24, 2.45) is 11.8 Å². The Bertz CT molecular complexity index is 567. The van der Waals surface area contributed by atoms with Crippen LogP contribution in [0.15, 0.2) is 30.6 Å². The van der Waals surface area contributed by atoms with Crippen molar-refractivity contribution < 1.29 is 0 Å². The van der Waals surface area contributed by atoms with Crippen molar-refractivity contribution in [2.45, 2.75) is 39.2 Å². The molecule has 100 valence electrons. The molecule has 3 atom stereocenters. The number of nitrogens with one attached hydrogen (secondary N) is 1. The maximum Gasteiger partial charge on any atom is 0.0907 e. The Kier molecular flexibility index (Phi) is 3.36. The van der Waals surface area contributed by atoms with E-state index in [-0.39, 0.29) is 0 Å². The van der Waals surface area contributed by atoms with Crippen LogP contribution < -0.4 is 5.32 Å². The van der Waals surface area contributed by atoms with E-state index >= 15 is 0 Å². The molecule has 0 bridgehead atoms. The molecule has 2 aromatic rings.